The number of amides is 1. The molecular weight excluding hydrogens is 388 g/mol. The number of halogens is 4. The van der Waals surface area contributed by atoms with E-state index in [-0.39, 0.29) is 24.6 Å². The Morgan fingerprint density at radius 2 is 1.86 bits per heavy atom. The first-order chi connectivity index (χ1) is 13.7. The number of carbonyl (C=O) groups is 1. The number of hydrogen-bond acceptors (Lipinski definition) is 2. The highest BCUT2D eigenvalue weighted by Crippen LogP contribution is 2.32. The Hall–Kier alpha value is -3.10. The van der Waals surface area contributed by atoms with Gasteiger partial charge in [-0.2, -0.15) is 13.2 Å². The Labute approximate surface area is 166 Å². The minimum absolute atomic E-state index is 0.0860. The number of rotatable bonds is 6. The second-order valence-electron chi connectivity index (χ2n) is 6.23. The molecule has 0 atom stereocenters. The summed E-state index contributed by atoms with van der Waals surface area (Å²) in [5, 5.41) is 8.46. The van der Waals surface area contributed by atoms with Crippen molar-refractivity contribution in [1.29, 1.82) is 0 Å². The minimum Gasteiger partial charge on any atom is -0.357 e. The van der Waals surface area contributed by atoms with Crippen LogP contribution < -0.4 is 16.0 Å². The number of carbonyl (C=O) groups excluding carboxylic acids is 1. The Morgan fingerprint density at radius 1 is 1.10 bits per heavy atom. The Bertz CT molecular complexity index is 881. The smallest absolute Gasteiger partial charge is 0.357 e. The fourth-order valence-corrected chi connectivity index (χ4v) is 2.61. The number of hydrogen-bond donors (Lipinski definition) is 3. The fourth-order valence-electron chi connectivity index (χ4n) is 2.61. The van der Waals surface area contributed by atoms with Gasteiger partial charge in [-0.15, -0.1) is 0 Å². The van der Waals surface area contributed by atoms with Crippen molar-refractivity contribution >= 4 is 17.6 Å². The Kier molecular flexibility index (Phi) is 7.58. The topological polar surface area (TPSA) is 65.5 Å². The molecule has 0 saturated heterocycles. The Balaban J connectivity index is 2.12. The largest absolute Gasteiger partial charge is 0.416 e. The summed E-state index contributed by atoms with van der Waals surface area (Å²) in [5.41, 5.74) is 0.330. The van der Waals surface area contributed by atoms with Crippen molar-refractivity contribution < 1.29 is 22.4 Å². The van der Waals surface area contributed by atoms with Gasteiger partial charge in [0.25, 0.3) is 0 Å². The normalized spacial score (nSPS) is 11.9. The predicted octanol–water partition coefficient (Wildman–Crippen LogP) is 4.06. The summed E-state index contributed by atoms with van der Waals surface area (Å²) in [6.45, 7) is 3.81. The Morgan fingerprint density at radius 3 is 2.52 bits per heavy atom. The maximum Gasteiger partial charge on any atom is 0.416 e. The minimum atomic E-state index is -4.65. The first-order valence-corrected chi connectivity index (χ1v) is 8.93. The van der Waals surface area contributed by atoms with Crippen molar-refractivity contribution in [2.75, 3.05) is 11.9 Å². The molecule has 0 aliphatic rings. The van der Waals surface area contributed by atoms with E-state index in [1.807, 2.05) is 13.0 Å². The van der Waals surface area contributed by atoms with Gasteiger partial charge in [0, 0.05) is 25.7 Å². The molecule has 2 aromatic rings. The highest BCUT2D eigenvalue weighted by atomic mass is 19.4. The van der Waals surface area contributed by atoms with Crippen LogP contribution in [0.2, 0.25) is 0 Å². The molecule has 2 rings (SSSR count). The summed E-state index contributed by atoms with van der Waals surface area (Å²) in [6, 6.07) is 9.66. The SMILES string of the molecule is CCNC(=NCc1cccc(NC(C)=O)c1)NCc1ccc(F)cc1C(F)(F)F. The molecule has 5 nitrogen and oxygen atoms in total. The summed E-state index contributed by atoms with van der Waals surface area (Å²) in [7, 11) is 0. The molecule has 2 aromatic carbocycles. The number of aliphatic imine (C=N–C) groups is 1. The summed E-state index contributed by atoms with van der Waals surface area (Å²) in [4.78, 5) is 15.5. The lowest BCUT2D eigenvalue weighted by Gasteiger charge is -2.16. The number of alkyl halides is 3. The number of guanidine groups is 1. The van der Waals surface area contributed by atoms with Gasteiger partial charge in [0.15, 0.2) is 5.96 Å². The highest BCUT2D eigenvalue weighted by molar-refractivity contribution is 5.88. The number of nitrogens with one attached hydrogen (secondary N) is 3. The van der Waals surface area contributed by atoms with Crippen LogP contribution >= 0.6 is 0 Å². The van der Waals surface area contributed by atoms with Crippen LogP contribution in [0.1, 0.15) is 30.5 Å². The molecule has 0 fully saturated rings. The molecular formula is C20H22F4N4O. The molecule has 0 aliphatic carbocycles. The van der Waals surface area contributed by atoms with E-state index in [1.165, 1.54) is 6.92 Å². The van der Waals surface area contributed by atoms with Gasteiger partial charge in [0.05, 0.1) is 12.1 Å². The van der Waals surface area contributed by atoms with E-state index >= 15 is 0 Å². The van der Waals surface area contributed by atoms with Crippen LogP contribution in [0.15, 0.2) is 47.5 Å². The van der Waals surface area contributed by atoms with Crippen molar-refractivity contribution in [3.8, 4) is 0 Å². The van der Waals surface area contributed by atoms with Crippen molar-refractivity contribution in [3.63, 3.8) is 0 Å². The van der Waals surface area contributed by atoms with Gasteiger partial charge in [-0.05, 0) is 42.3 Å². The van der Waals surface area contributed by atoms with Crippen molar-refractivity contribution in [2.24, 2.45) is 4.99 Å². The van der Waals surface area contributed by atoms with Gasteiger partial charge < -0.3 is 16.0 Å². The van der Waals surface area contributed by atoms with Crippen molar-refractivity contribution in [2.45, 2.75) is 33.1 Å². The summed E-state index contributed by atoms with van der Waals surface area (Å²) < 4.78 is 52.6. The second-order valence-corrected chi connectivity index (χ2v) is 6.23. The lowest BCUT2D eigenvalue weighted by molar-refractivity contribution is -0.138. The van der Waals surface area contributed by atoms with Crippen LogP contribution in [-0.2, 0) is 24.1 Å². The molecule has 1 amide bonds. The first-order valence-electron chi connectivity index (χ1n) is 8.93. The van der Waals surface area contributed by atoms with Gasteiger partial charge in [-0.25, -0.2) is 9.38 Å². The maximum atomic E-state index is 13.2. The molecule has 0 heterocycles. The molecule has 3 N–H and O–H groups in total. The van der Waals surface area contributed by atoms with Gasteiger partial charge in [0.1, 0.15) is 5.82 Å². The lowest BCUT2D eigenvalue weighted by Crippen LogP contribution is -2.37. The van der Waals surface area contributed by atoms with Crippen LogP contribution in [-0.4, -0.2) is 18.4 Å². The summed E-state index contributed by atoms with van der Waals surface area (Å²) >= 11 is 0. The van der Waals surface area contributed by atoms with Crippen LogP contribution in [0.25, 0.3) is 0 Å². The zero-order chi connectivity index (χ0) is 21.4. The van der Waals surface area contributed by atoms with E-state index in [0.29, 0.717) is 24.3 Å². The maximum absolute atomic E-state index is 13.2. The van der Waals surface area contributed by atoms with E-state index in [4.69, 9.17) is 0 Å². The molecule has 0 unspecified atom stereocenters. The molecule has 9 heteroatoms. The average Bonchev–Trinajstić information content (AvgIpc) is 2.64. The lowest BCUT2D eigenvalue weighted by atomic mass is 10.1. The van der Waals surface area contributed by atoms with E-state index in [2.05, 4.69) is 20.9 Å². The standard InChI is InChI=1S/C20H22F4N4O/c1-3-25-19(26-11-14-5-4-6-17(9-14)28-13(2)29)27-12-15-7-8-16(21)10-18(15)20(22,23)24/h4-10H,3,11-12H2,1-2H3,(H,28,29)(H2,25,26,27). The third-order valence-corrected chi connectivity index (χ3v) is 3.83. The fraction of sp³-hybridized carbons (Fsp3) is 0.300. The van der Waals surface area contributed by atoms with Crippen LogP contribution in [0.3, 0.4) is 0 Å². The van der Waals surface area contributed by atoms with Crippen LogP contribution in [0, 0.1) is 5.82 Å². The third kappa shape index (κ3) is 7.10. The second kappa shape index (κ2) is 9.90. The van der Waals surface area contributed by atoms with E-state index in [0.717, 1.165) is 17.7 Å². The zero-order valence-electron chi connectivity index (χ0n) is 16.0. The number of benzene rings is 2. The first kappa shape index (κ1) is 22.2. The zero-order valence-corrected chi connectivity index (χ0v) is 16.0. The van der Waals surface area contributed by atoms with Gasteiger partial charge in [0.2, 0.25) is 5.91 Å². The molecule has 0 aromatic heterocycles. The van der Waals surface area contributed by atoms with Gasteiger partial charge in [-0.3, -0.25) is 4.79 Å². The molecule has 0 bridgehead atoms. The van der Waals surface area contributed by atoms with Gasteiger partial charge in [-0.1, -0.05) is 18.2 Å². The summed E-state index contributed by atoms with van der Waals surface area (Å²) in [6.07, 6.45) is -4.65. The quantitative estimate of drug-likeness (QED) is 0.382. The van der Waals surface area contributed by atoms with E-state index in [9.17, 15) is 22.4 Å². The van der Waals surface area contributed by atoms with Crippen molar-refractivity contribution in [3.05, 3.63) is 65.0 Å². The monoisotopic (exact) mass is 410 g/mol. The van der Waals surface area contributed by atoms with Crippen LogP contribution in [0.4, 0.5) is 23.2 Å². The van der Waals surface area contributed by atoms with E-state index in [1.54, 1.807) is 18.2 Å². The van der Waals surface area contributed by atoms with Crippen molar-refractivity contribution in [1.82, 2.24) is 10.6 Å². The highest BCUT2D eigenvalue weighted by Gasteiger charge is 2.33. The van der Waals surface area contributed by atoms with Gasteiger partial charge >= 0.3 is 6.18 Å². The average molecular weight is 410 g/mol. The molecule has 0 aliphatic heterocycles. The molecule has 0 radical (unpaired) electrons. The molecule has 0 spiro atoms. The van der Waals surface area contributed by atoms with Crippen LogP contribution in [0.5, 0.6) is 0 Å². The number of nitrogens with zero attached hydrogens (tertiary/aromatic N) is 1. The molecule has 29 heavy (non-hydrogen) atoms. The molecule has 156 valence electrons. The third-order valence-electron chi connectivity index (χ3n) is 3.83. The number of anilines is 1. The molecule has 0 saturated carbocycles. The van der Waals surface area contributed by atoms with E-state index < -0.39 is 17.6 Å². The summed E-state index contributed by atoms with van der Waals surface area (Å²) in [5.74, 6) is -0.823. The predicted molar refractivity (Wildman–Crippen MR) is 104 cm³/mol.